The molecule has 0 nitrogen and oxygen atoms in total. The molecule has 0 atom stereocenters. The lowest BCUT2D eigenvalue weighted by molar-refractivity contribution is 0.622. The SMILES string of the molecule is [CH]=CCCCCCCC/C=C/C/C=C/CCCCC. The van der Waals surface area contributed by atoms with E-state index in [4.69, 9.17) is 6.58 Å². The molecule has 0 fully saturated rings. The number of hydrogen-bond acceptors (Lipinski definition) is 0. The summed E-state index contributed by atoms with van der Waals surface area (Å²) < 4.78 is 0. The van der Waals surface area contributed by atoms with Gasteiger partial charge in [-0.25, -0.2) is 0 Å². The van der Waals surface area contributed by atoms with Crippen LogP contribution in [0.3, 0.4) is 0 Å². The van der Waals surface area contributed by atoms with E-state index in [-0.39, 0.29) is 0 Å². The monoisotopic (exact) mass is 261 g/mol. The van der Waals surface area contributed by atoms with E-state index in [0.29, 0.717) is 0 Å². The third-order valence-electron chi connectivity index (χ3n) is 3.32. The van der Waals surface area contributed by atoms with Gasteiger partial charge in [0.1, 0.15) is 0 Å². The summed E-state index contributed by atoms with van der Waals surface area (Å²) in [6, 6.07) is 0. The van der Waals surface area contributed by atoms with E-state index >= 15 is 0 Å². The zero-order valence-corrected chi connectivity index (χ0v) is 12.9. The summed E-state index contributed by atoms with van der Waals surface area (Å²) in [5.41, 5.74) is 0. The standard InChI is InChI=1S/C19H33/c1-3-5-7-9-11-13-15-17-19-18-16-14-12-10-8-6-4-2/h1,3,12,14,18-19H,4-11,13,15-17H2,2H3/b3-1?,14-12+,19-18+. The van der Waals surface area contributed by atoms with E-state index in [1.807, 2.05) is 0 Å². The Bertz CT molecular complexity index is 222. The van der Waals surface area contributed by atoms with Crippen molar-refractivity contribution in [2.75, 3.05) is 0 Å². The van der Waals surface area contributed by atoms with Crippen molar-refractivity contribution in [3.05, 3.63) is 37.0 Å². The third kappa shape index (κ3) is 17.2. The van der Waals surface area contributed by atoms with Crippen molar-refractivity contribution in [2.45, 2.75) is 84.0 Å². The molecule has 0 aromatic heterocycles. The topological polar surface area (TPSA) is 0 Å². The fourth-order valence-corrected chi connectivity index (χ4v) is 2.07. The highest BCUT2D eigenvalue weighted by molar-refractivity contribution is 4.92. The van der Waals surface area contributed by atoms with Crippen LogP contribution in [0.4, 0.5) is 0 Å². The quantitative estimate of drug-likeness (QED) is 0.238. The van der Waals surface area contributed by atoms with E-state index in [2.05, 4.69) is 31.2 Å². The Morgan fingerprint density at radius 2 is 1.16 bits per heavy atom. The highest BCUT2D eigenvalue weighted by atomic mass is 13.9. The fourth-order valence-electron chi connectivity index (χ4n) is 2.07. The highest BCUT2D eigenvalue weighted by Gasteiger charge is 1.88. The molecule has 0 saturated carbocycles. The Balaban J connectivity index is 3.14. The maximum Gasteiger partial charge on any atom is -0.0169 e. The van der Waals surface area contributed by atoms with Crippen LogP contribution in [0, 0.1) is 6.58 Å². The molecule has 0 aromatic rings. The van der Waals surface area contributed by atoms with Gasteiger partial charge in [0.05, 0.1) is 0 Å². The minimum Gasteiger partial charge on any atom is -0.0882 e. The van der Waals surface area contributed by atoms with Crippen molar-refractivity contribution in [1.29, 1.82) is 0 Å². The van der Waals surface area contributed by atoms with Gasteiger partial charge in [-0.2, -0.15) is 0 Å². The van der Waals surface area contributed by atoms with Gasteiger partial charge in [-0.05, 0) is 44.9 Å². The predicted molar refractivity (Wildman–Crippen MR) is 88.2 cm³/mol. The number of allylic oxidation sites excluding steroid dienone is 5. The maximum absolute atomic E-state index is 5.34. The van der Waals surface area contributed by atoms with Gasteiger partial charge < -0.3 is 0 Å². The Morgan fingerprint density at radius 1 is 0.632 bits per heavy atom. The Labute approximate surface area is 121 Å². The summed E-state index contributed by atoms with van der Waals surface area (Å²) in [6.07, 6.45) is 26.4. The molecule has 1 radical (unpaired) electrons. The summed E-state index contributed by atoms with van der Waals surface area (Å²) in [7, 11) is 0. The van der Waals surface area contributed by atoms with Crippen LogP contribution in [-0.4, -0.2) is 0 Å². The van der Waals surface area contributed by atoms with Crippen molar-refractivity contribution >= 4 is 0 Å². The van der Waals surface area contributed by atoms with Crippen molar-refractivity contribution in [3.8, 4) is 0 Å². The smallest absolute Gasteiger partial charge is 0.0169 e. The Morgan fingerprint density at radius 3 is 1.74 bits per heavy atom. The molecule has 0 heterocycles. The lowest BCUT2D eigenvalue weighted by atomic mass is 10.1. The van der Waals surface area contributed by atoms with Gasteiger partial charge in [0.25, 0.3) is 0 Å². The molecule has 0 bridgehead atoms. The molecule has 0 heteroatoms. The van der Waals surface area contributed by atoms with Crippen molar-refractivity contribution in [1.82, 2.24) is 0 Å². The summed E-state index contributed by atoms with van der Waals surface area (Å²) in [5, 5.41) is 0. The summed E-state index contributed by atoms with van der Waals surface area (Å²) in [5.74, 6) is 0. The first-order valence-corrected chi connectivity index (χ1v) is 8.25. The highest BCUT2D eigenvalue weighted by Crippen LogP contribution is 2.08. The minimum absolute atomic E-state index is 1.07. The minimum atomic E-state index is 1.07. The lowest BCUT2D eigenvalue weighted by Gasteiger charge is -1.97. The predicted octanol–water partition coefficient (Wildman–Crippen LogP) is 6.79. The second-order valence-corrected chi connectivity index (χ2v) is 5.26. The number of hydrogen-bond donors (Lipinski definition) is 0. The van der Waals surface area contributed by atoms with Gasteiger partial charge in [-0.15, -0.1) is 0 Å². The van der Waals surface area contributed by atoms with E-state index in [1.165, 1.54) is 64.2 Å². The third-order valence-corrected chi connectivity index (χ3v) is 3.32. The fraction of sp³-hybridized carbons (Fsp3) is 0.684. The molecule has 0 N–H and O–H groups in total. The van der Waals surface area contributed by atoms with Crippen LogP contribution >= 0.6 is 0 Å². The molecular formula is C19H33. The van der Waals surface area contributed by atoms with Gasteiger partial charge in [-0.1, -0.05) is 76.0 Å². The van der Waals surface area contributed by atoms with E-state index in [9.17, 15) is 0 Å². The molecule has 0 unspecified atom stereocenters. The zero-order valence-electron chi connectivity index (χ0n) is 12.9. The number of unbranched alkanes of at least 4 members (excludes halogenated alkanes) is 9. The van der Waals surface area contributed by atoms with Gasteiger partial charge >= 0.3 is 0 Å². The van der Waals surface area contributed by atoms with Crippen LogP contribution in [0.2, 0.25) is 0 Å². The van der Waals surface area contributed by atoms with Crippen molar-refractivity contribution < 1.29 is 0 Å². The van der Waals surface area contributed by atoms with Gasteiger partial charge in [0.15, 0.2) is 0 Å². The average Bonchev–Trinajstić information content (AvgIpc) is 2.43. The van der Waals surface area contributed by atoms with E-state index < -0.39 is 0 Å². The van der Waals surface area contributed by atoms with Crippen LogP contribution in [-0.2, 0) is 0 Å². The van der Waals surface area contributed by atoms with E-state index in [0.717, 1.165) is 12.8 Å². The van der Waals surface area contributed by atoms with Crippen LogP contribution < -0.4 is 0 Å². The average molecular weight is 261 g/mol. The Hall–Kier alpha value is -0.780. The van der Waals surface area contributed by atoms with Crippen LogP contribution in [0.5, 0.6) is 0 Å². The Kier molecular flexibility index (Phi) is 16.5. The number of rotatable bonds is 14. The van der Waals surface area contributed by atoms with Gasteiger partial charge in [0, 0.05) is 0 Å². The largest absolute Gasteiger partial charge is 0.0882 e. The summed E-state index contributed by atoms with van der Waals surface area (Å²) in [4.78, 5) is 0. The molecule has 0 spiro atoms. The van der Waals surface area contributed by atoms with Crippen molar-refractivity contribution in [3.63, 3.8) is 0 Å². The molecule has 0 aliphatic carbocycles. The molecular weight excluding hydrogens is 228 g/mol. The van der Waals surface area contributed by atoms with Crippen LogP contribution in [0.1, 0.15) is 84.0 Å². The van der Waals surface area contributed by atoms with Crippen LogP contribution in [0.25, 0.3) is 0 Å². The second-order valence-electron chi connectivity index (χ2n) is 5.26. The van der Waals surface area contributed by atoms with Crippen LogP contribution in [0.15, 0.2) is 30.4 Å². The molecule has 0 amide bonds. The first kappa shape index (κ1) is 18.2. The first-order valence-electron chi connectivity index (χ1n) is 8.25. The summed E-state index contributed by atoms with van der Waals surface area (Å²) in [6.45, 7) is 7.60. The van der Waals surface area contributed by atoms with Crippen molar-refractivity contribution in [2.24, 2.45) is 0 Å². The molecule has 0 aliphatic rings. The van der Waals surface area contributed by atoms with E-state index in [1.54, 1.807) is 6.08 Å². The lowest BCUT2D eigenvalue weighted by Crippen LogP contribution is -1.78. The molecule has 0 aliphatic heterocycles. The first-order chi connectivity index (χ1) is 9.41. The molecule has 0 saturated heterocycles. The molecule has 19 heavy (non-hydrogen) atoms. The normalized spacial score (nSPS) is 11.6. The molecule has 0 rings (SSSR count). The summed E-state index contributed by atoms with van der Waals surface area (Å²) >= 11 is 0. The van der Waals surface area contributed by atoms with Gasteiger partial charge in [-0.3, -0.25) is 0 Å². The second kappa shape index (κ2) is 17.2. The van der Waals surface area contributed by atoms with Gasteiger partial charge in [0.2, 0.25) is 0 Å². The molecule has 109 valence electrons. The molecule has 0 aromatic carbocycles. The zero-order chi connectivity index (χ0) is 14.0. The maximum atomic E-state index is 5.34.